The van der Waals surface area contributed by atoms with Crippen LogP contribution in [-0.4, -0.2) is 16.2 Å². The summed E-state index contributed by atoms with van der Waals surface area (Å²) in [6.45, 7) is 3.81. The summed E-state index contributed by atoms with van der Waals surface area (Å²) in [5.41, 5.74) is 8.38. The molecular formula is C30H22F3N5O2S. The third-order valence-corrected chi connectivity index (χ3v) is 7.78. The second-order valence-electron chi connectivity index (χ2n) is 9.71. The summed E-state index contributed by atoms with van der Waals surface area (Å²) in [5, 5.41) is 19.5. The second kappa shape index (κ2) is 10.0. The summed E-state index contributed by atoms with van der Waals surface area (Å²) < 4.78 is 46.6. The largest absolute Gasteiger partial charge is 0.857 e. The van der Waals surface area contributed by atoms with Gasteiger partial charge in [0.1, 0.15) is 4.83 Å². The van der Waals surface area contributed by atoms with Crippen molar-refractivity contribution in [2.45, 2.75) is 26.1 Å². The molecule has 0 saturated carbocycles. The minimum atomic E-state index is -4.48. The number of halogens is 3. The molecule has 41 heavy (non-hydrogen) atoms. The first kappa shape index (κ1) is 26.5. The molecule has 6 aromatic rings. The summed E-state index contributed by atoms with van der Waals surface area (Å²) in [6, 6.07) is 20.3. The topological polar surface area (TPSA) is 104 Å². The Hall–Kier alpha value is -4.77. The van der Waals surface area contributed by atoms with Crippen LogP contribution in [0.15, 0.2) is 88.5 Å². The van der Waals surface area contributed by atoms with Gasteiger partial charge in [-0.2, -0.15) is 13.2 Å². The number of aromatic nitrogens is 3. The number of hydrogen-bond donors (Lipinski definition) is 1. The summed E-state index contributed by atoms with van der Waals surface area (Å²) in [5.74, 6) is -0.615. The number of fused-ring (bicyclic) bond motifs is 2. The molecule has 206 valence electrons. The van der Waals surface area contributed by atoms with Crippen LogP contribution < -0.4 is 15.5 Å². The molecule has 3 heterocycles. The lowest BCUT2D eigenvalue weighted by Crippen LogP contribution is -2.36. The van der Waals surface area contributed by atoms with Crippen LogP contribution in [0.2, 0.25) is 0 Å². The van der Waals surface area contributed by atoms with Gasteiger partial charge in [0.2, 0.25) is 5.27 Å². The monoisotopic (exact) mass is 573 g/mol. The third kappa shape index (κ3) is 4.89. The Morgan fingerprint density at radius 2 is 1.76 bits per heavy atom. The van der Waals surface area contributed by atoms with Crippen molar-refractivity contribution >= 4 is 49.8 Å². The fraction of sp³-hybridized carbons (Fsp3) is 0.133. The first-order valence-electron chi connectivity index (χ1n) is 12.6. The molecule has 11 heteroatoms. The van der Waals surface area contributed by atoms with Gasteiger partial charge in [0.25, 0.3) is 6.20 Å². The van der Waals surface area contributed by atoms with Gasteiger partial charge in [0, 0.05) is 16.8 Å². The Bertz CT molecular complexity index is 1940. The number of pyridine rings is 1. The molecule has 3 aromatic heterocycles. The van der Waals surface area contributed by atoms with Gasteiger partial charge >= 0.3 is 12.1 Å². The van der Waals surface area contributed by atoms with E-state index in [9.17, 15) is 18.3 Å². The van der Waals surface area contributed by atoms with Gasteiger partial charge in [-0.15, -0.1) is 11.3 Å². The van der Waals surface area contributed by atoms with E-state index in [4.69, 9.17) is 15.2 Å². The molecule has 0 atom stereocenters. The van der Waals surface area contributed by atoms with Crippen LogP contribution >= 0.6 is 11.3 Å². The first-order valence-corrected chi connectivity index (χ1v) is 13.4. The number of benzene rings is 3. The minimum absolute atomic E-state index is 0.00942. The average Bonchev–Trinajstić information content (AvgIpc) is 3.56. The van der Waals surface area contributed by atoms with Crippen LogP contribution in [0.25, 0.3) is 43.4 Å². The SMILES string of the molecule is CC(C)[n+]1cc(/N=C(\[O-])c2sc3nc(-c4cccc5ccccc45)cc(-c4ccc(C(F)(F)F)cc4)c3c2N)on1. The van der Waals surface area contributed by atoms with E-state index in [1.165, 1.54) is 23.0 Å². The summed E-state index contributed by atoms with van der Waals surface area (Å²) in [4.78, 5) is 9.50. The molecule has 0 saturated heterocycles. The van der Waals surface area contributed by atoms with Gasteiger partial charge < -0.3 is 10.8 Å². The van der Waals surface area contributed by atoms with E-state index in [0.29, 0.717) is 27.0 Å². The normalized spacial score (nSPS) is 12.6. The van der Waals surface area contributed by atoms with E-state index in [2.05, 4.69) is 10.3 Å². The molecule has 0 amide bonds. The van der Waals surface area contributed by atoms with Gasteiger partial charge in [-0.25, -0.2) is 9.98 Å². The Kier molecular flexibility index (Phi) is 6.46. The quantitative estimate of drug-likeness (QED) is 0.141. The van der Waals surface area contributed by atoms with Gasteiger partial charge in [0.15, 0.2) is 6.04 Å². The zero-order valence-electron chi connectivity index (χ0n) is 21.8. The van der Waals surface area contributed by atoms with E-state index in [1.807, 2.05) is 56.3 Å². The molecule has 0 radical (unpaired) electrons. The number of aliphatic imine (C=N–C) groups is 1. The molecule has 0 aliphatic heterocycles. The Morgan fingerprint density at radius 3 is 2.46 bits per heavy atom. The molecule has 7 nitrogen and oxygen atoms in total. The van der Waals surface area contributed by atoms with Gasteiger partial charge in [-0.1, -0.05) is 54.6 Å². The van der Waals surface area contributed by atoms with Crippen LogP contribution in [0, 0.1) is 0 Å². The number of nitrogen functional groups attached to an aromatic ring is 1. The number of rotatable bonds is 5. The van der Waals surface area contributed by atoms with E-state index in [0.717, 1.165) is 39.8 Å². The van der Waals surface area contributed by atoms with Crippen molar-refractivity contribution < 1.29 is 27.5 Å². The van der Waals surface area contributed by atoms with Crippen molar-refractivity contribution in [3.05, 3.63) is 89.4 Å². The van der Waals surface area contributed by atoms with E-state index in [1.54, 1.807) is 6.07 Å². The van der Waals surface area contributed by atoms with Crippen molar-refractivity contribution in [3.8, 4) is 22.4 Å². The van der Waals surface area contributed by atoms with Gasteiger partial charge in [0.05, 0.1) is 21.8 Å². The van der Waals surface area contributed by atoms with Crippen LogP contribution in [0.1, 0.15) is 30.3 Å². The molecule has 0 aliphatic carbocycles. The summed E-state index contributed by atoms with van der Waals surface area (Å²) in [6.07, 6.45) is -2.96. The highest BCUT2D eigenvalue weighted by atomic mass is 32.1. The summed E-state index contributed by atoms with van der Waals surface area (Å²) >= 11 is 1.07. The lowest BCUT2D eigenvalue weighted by atomic mass is 9.96. The van der Waals surface area contributed by atoms with Crippen molar-refractivity contribution in [3.63, 3.8) is 0 Å². The fourth-order valence-electron chi connectivity index (χ4n) is 4.63. The van der Waals surface area contributed by atoms with Gasteiger partial charge in [-0.3, -0.25) is 4.52 Å². The zero-order chi connectivity index (χ0) is 28.9. The summed E-state index contributed by atoms with van der Waals surface area (Å²) in [7, 11) is 0. The lowest BCUT2D eigenvalue weighted by Gasteiger charge is -2.12. The van der Waals surface area contributed by atoms with Crippen LogP contribution in [0.3, 0.4) is 0 Å². The standard InChI is InChI=1S/C30H22F3N5O2S/c1-16(2)38-15-24(40-37-38)36-28(39)27-26(34)25-22(18-10-12-19(13-11-18)30(31,32)33)14-23(35-29(25)41-27)21-9-5-7-17-6-3-4-8-20(17)21/h3-16H,1-2H3,(H2-,34,36,37,39). The Balaban J connectivity index is 1.56. The Morgan fingerprint density at radius 1 is 1.02 bits per heavy atom. The lowest BCUT2D eigenvalue weighted by molar-refractivity contribution is -0.779. The van der Waals surface area contributed by atoms with Crippen molar-refractivity contribution in [2.24, 2.45) is 4.99 Å². The molecule has 0 aliphatic rings. The molecule has 0 fully saturated rings. The zero-order valence-corrected chi connectivity index (χ0v) is 22.6. The molecule has 3 aromatic carbocycles. The van der Waals surface area contributed by atoms with Crippen LogP contribution in [0.5, 0.6) is 0 Å². The maximum absolute atomic E-state index is 13.3. The second-order valence-corrected chi connectivity index (χ2v) is 10.7. The van der Waals surface area contributed by atoms with E-state index < -0.39 is 17.6 Å². The molecule has 0 bridgehead atoms. The third-order valence-electron chi connectivity index (χ3n) is 6.69. The minimum Gasteiger partial charge on any atom is -0.857 e. The van der Waals surface area contributed by atoms with Crippen LogP contribution in [0.4, 0.5) is 24.7 Å². The smallest absolute Gasteiger partial charge is 0.416 e. The Labute approximate surface area is 236 Å². The number of hydrogen-bond acceptors (Lipinski definition) is 7. The molecule has 0 spiro atoms. The molecule has 6 rings (SSSR count). The molecule has 2 N–H and O–H groups in total. The molecule has 0 unspecified atom stereocenters. The number of nitrogens with two attached hydrogens (primary N) is 1. The maximum Gasteiger partial charge on any atom is 0.416 e. The van der Waals surface area contributed by atoms with E-state index >= 15 is 0 Å². The number of thiophene rings is 1. The maximum atomic E-state index is 13.3. The average molecular weight is 574 g/mol. The van der Waals surface area contributed by atoms with Gasteiger partial charge in [-0.05, 0) is 58.6 Å². The first-order chi connectivity index (χ1) is 19.6. The van der Waals surface area contributed by atoms with Crippen molar-refractivity contribution in [1.82, 2.24) is 10.3 Å². The molecular weight excluding hydrogens is 551 g/mol. The highest BCUT2D eigenvalue weighted by molar-refractivity contribution is 7.21. The highest BCUT2D eigenvalue weighted by Crippen LogP contribution is 2.43. The number of nitrogens with zero attached hydrogens (tertiary/aromatic N) is 4. The van der Waals surface area contributed by atoms with Crippen LogP contribution in [-0.2, 0) is 6.18 Å². The van der Waals surface area contributed by atoms with Crippen molar-refractivity contribution in [1.29, 1.82) is 0 Å². The number of anilines is 1. The fourth-order valence-corrected chi connectivity index (χ4v) is 5.63. The van der Waals surface area contributed by atoms with E-state index in [-0.39, 0.29) is 22.5 Å². The highest BCUT2D eigenvalue weighted by Gasteiger charge is 2.30. The predicted octanol–water partition coefficient (Wildman–Crippen LogP) is 6.68. The number of alkyl halides is 3. The predicted molar refractivity (Wildman–Crippen MR) is 151 cm³/mol. The van der Waals surface area contributed by atoms with Crippen molar-refractivity contribution in [2.75, 3.05) is 5.73 Å².